The molecule has 1 heterocycles. The van der Waals surface area contributed by atoms with Gasteiger partial charge in [0.15, 0.2) is 9.84 Å². The number of hydrogen-bond donors (Lipinski definition) is 1. The summed E-state index contributed by atoms with van der Waals surface area (Å²) in [6.45, 7) is 0. The van der Waals surface area contributed by atoms with Gasteiger partial charge < -0.3 is 10.5 Å². The molecule has 21 heavy (non-hydrogen) atoms. The Morgan fingerprint density at radius 1 is 1.38 bits per heavy atom. The molecule has 2 aromatic rings. The number of nitrogens with two attached hydrogens (primary N) is 1. The van der Waals surface area contributed by atoms with Crippen LogP contribution in [-0.2, 0) is 15.6 Å². The van der Waals surface area contributed by atoms with Gasteiger partial charge in [-0.05, 0) is 23.8 Å². The number of pyridine rings is 1. The topological polar surface area (TPSA) is 106 Å². The molecule has 108 valence electrons. The Morgan fingerprint density at radius 3 is 2.76 bits per heavy atom. The van der Waals surface area contributed by atoms with Crippen LogP contribution < -0.4 is 10.5 Å². The van der Waals surface area contributed by atoms with E-state index in [1.807, 2.05) is 6.07 Å². The van der Waals surface area contributed by atoms with E-state index in [0.29, 0.717) is 11.3 Å². The van der Waals surface area contributed by atoms with Crippen molar-refractivity contribution < 1.29 is 13.2 Å². The number of nitrogen functional groups attached to an aromatic ring is 1. The Morgan fingerprint density at radius 2 is 2.14 bits per heavy atom. The zero-order valence-corrected chi connectivity index (χ0v) is 12.1. The number of hydrogen-bond acceptors (Lipinski definition) is 6. The number of ether oxygens (including phenoxy) is 1. The van der Waals surface area contributed by atoms with Gasteiger partial charge in [-0.3, -0.25) is 4.98 Å². The predicted octanol–water partition coefficient (Wildman–Crippen LogP) is 1.52. The van der Waals surface area contributed by atoms with Crippen LogP contribution in [0.25, 0.3) is 0 Å². The van der Waals surface area contributed by atoms with E-state index in [1.165, 1.54) is 31.6 Å². The second-order valence-electron chi connectivity index (χ2n) is 4.32. The summed E-state index contributed by atoms with van der Waals surface area (Å²) in [6, 6.07) is 8.00. The number of aromatic nitrogens is 1. The maximum absolute atomic E-state index is 12.4. The Hall–Kier alpha value is -2.59. The Balaban J connectivity index is 2.38. The molecule has 1 aromatic heterocycles. The van der Waals surface area contributed by atoms with E-state index in [1.54, 1.807) is 12.1 Å². The first-order chi connectivity index (χ1) is 9.97. The SMILES string of the molecule is COc1ccc(CS(=O)(=O)c2ccncc2N)cc1C#N. The summed E-state index contributed by atoms with van der Waals surface area (Å²) >= 11 is 0. The first-order valence-electron chi connectivity index (χ1n) is 5.97. The fourth-order valence-electron chi connectivity index (χ4n) is 1.91. The summed E-state index contributed by atoms with van der Waals surface area (Å²) in [7, 11) is -2.16. The molecule has 0 fully saturated rings. The van der Waals surface area contributed by atoms with Crippen molar-refractivity contribution in [3.8, 4) is 11.8 Å². The Bertz CT molecular complexity index is 810. The second kappa shape index (κ2) is 5.81. The molecule has 7 heteroatoms. The van der Waals surface area contributed by atoms with E-state index in [0.717, 1.165) is 0 Å². The van der Waals surface area contributed by atoms with Gasteiger partial charge in [0.2, 0.25) is 0 Å². The van der Waals surface area contributed by atoms with Crippen LogP contribution in [0.1, 0.15) is 11.1 Å². The zero-order chi connectivity index (χ0) is 15.5. The minimum atomic E-state index is -3.60. The number of methoxy groups -OCH3 is 1. The van der Waals surface area contributed by atoms with Crippen molar-refractivity contribution in [1.29, 1.82) is 5.26 Å². The summed E-state index contributed by atoms with van der Waals surface area (Å²) in [5.74, 6) is 0.155. The van der Waals surface area contributed by atoms with Gasteiger partial charge in [0.25, 0.3) is 0 Å². The van der Waals surface area contributed by atoms with Crippen LogP contribution in [0.2, 0.25) is 0 Å². The molecule has 0 atom stereocenters. The van der Waals surface area contributed by atoms with E-state index in [2.05, 4.69) is 4.98 Å². The highest BCUT2D eigenvalue weighted by Crippen LogP contribution is 2.24. The largest absolute Gasteiger partial charge is 0.495 e. The molecule has 0 aliphatic carbocycles. The van der Waals surface area contributed by atoms with E-state index in [-0.39, 0.29) is 21.9 Å². The molecule has 6 nitrogen and oxygen atoms in total. The lowest BCUT2D eigenvalue weighted by Crippen LogP contribution is -2.08. The van der Waals surface area contributed by atoms with Gasteiger partial charge in [0.05, 0.1) is 35.2 Å². The van der Waals surface area contributed by atoms with Gasteiger partial charge in [-0.25, -0.2) is 8.42 Å². The number of nitriles is 1. The molecule has 0 spiro atoms. The maximum Gasteiger partial charge on any atom is 0.184 e. The van der Waals surface area contributed by atoms with Crippen molar-refractivity contribution in [1.82, 2.24) is 4.98 Å². The van der Waals surface area contributed by atoms with Gasteiger partial charge >= 0.3 is 0 Å². The Labute approximate surface area is 122 Å². The molecule has 0 aliphatic heterocycles. The van der Waals surface area contributed by atoms with Crippen LogP contribution in [0.15, 0.2) is 41.6 Å². The van der Waals surface area contributed by atoms with Crippen molar-refractivity contribution in [3.05, 3.63) is 47.8 Å². The second-order valence-corrected chi connectivity index (χ2v) is 6.28. The van der Waals surface area contributed by atoms with Gasteiger partial charge in [-0.1, -0.05) is 6.07 Å². The molecule has 0 bridgehead atoms. The fourth-order valence-corrected chi connectivity index (χ4v) is 3.36. The molecule has 0 unspecified atom stereocenters. The summed E-state index contributed by atoms with van der Waals surface area (Å²) in [5.41, 5.74) is 6.53. The van der Waals surface area contributed by atoms with Crippen LogP contribution in [0.5, 0.6) is 5.75 Å². The lowest BCUT2D eigenvalue weighted by Gasteiger charge is -2.08. The molecule has 0 radical (unpaired) electrons. The average Bonchev–Trinajstić information content (AvgIpc) is 2.47. The lowest BCUT2D eigenvalue weighted by atomic mass is 10.1. The van der Waals surface area contributed by atoms with E-state index in [4.69, 9.17) is 15.7 Å². The maximum atomic E-state index is 12.4. The van der Waals surface area contributed by atoms with Crippen LogP contribution in [-0.4, -0.2) is 20.5 Å². The average molecular weight is 303 g/mol. The molecule has 1 aromatic carbocycles. The number of rotatable bonds is 4. The standard InChI is InChI=1S/C14H13N3O3S/c1-20-13-3-2-10(6-11(13)7-15)9-21(18,19)14-4-5-17-8-12(14)16/h2-6,8H,9,16H2,1H3. The zero-order valence-electron chi connectivity index (χ0n) is 11.3. The van der Waals surface area contributed by atoms with E-state index in [9.17, 15) is 8.42 Å². The van der Waals surface area contributed by atoms with Crippen LogP contribution >= 0.6 is 0 Å². The molecule has 0 saturated heterocycles. The van der Waals surface area contributed by atoms with Crippen LogP contribution in [0, 0.1) is 11.3 Å². The first-order valence-corrected chi connectivity index (χ1v) is 7.62. The van der Waals surface area contributed by atoms with Crippen LogP contribution in [0.3, 0.4) is 0 Å². The lowest BCUT2D eigenvalue weighted by molar-refractivity contribution is 0.413. The molecule has 0 aliphatic rings. The van der Waals surface area contributed by atoms with Gasteiger partial charge in [-0.15, -0.1) is 0 Å². The van der Waals surface area contributed by atoms with E-state index >= 15 is 0 Å². The van der Waals surface area contributed by atoms with Crippen molar-refractivity contribution in [3.63, 3.8) is 0 Å². The molecule has 2 N–H and O–H groups in total. The third-order valence-electron chi connectivity index (χ3n) is 2.89. The minimum Gasteiger partial charge on any atom is -0.495 e. The number of benzene rings is 1. The van der Waals surface area contributed by atoms with Crippen molar-refractivity contribution >= 4 is 15.5 Å². The molecule has 2 rings (SSSR count). The van der Waals surface area contributed by atoms with E-state index < -0.39 is 9.84 Å². The smallest absolute Gasteiger partial charge is 0.184 e. The third-order valence-corrected chi connectivity index (χ3v) is 4.64. The van der Waals surface area contributed by atoms with Crippen LogP contribution in [0.4, 0.5) is 5.69 Å². The third kappa shape index (κ3) is 3.12. The van der Waals surface area contributed by atoms with Gasteiger partial charge in [0, 0.05) is 6.20 Å². The molecule has 0 amide bonds. The number of sulfone groups is 1. The summed E-state index contributed by atoms with van der Waals surface area (Å²) in [4.78, 5) is 3.80. The molecular weight excluding hydrogens is 290 g/mol. The number of nitrogens with zero attached hydrogens (tertiary/aromatic N) is 2. The normalized spacial score (nSPS) is 10.9. The summed E-state index contributed by atoms with van der Waals surface area (Å²) < 4.78 is 29.7. The number of anilines is 1. The Kier molecular flexibility index (Phi) is 4.10. The van der Waals surface area contributed by atoms with Crippen molar-refractivity contribution in [2.24, 2.45) is 0 Å². The summed E-state index contributed by atoms with van der Waals surface area (Å²) in [5, 5.41) is 9.03. The predicted molar refractivity (Wildman–Crippen MR) is 77.2 cm³/mol. The highest BCUT2D eigenvalue weighted by molar-refractivity contribution is 7.90. The quantitative estimate of drug-likeness (QED) is 0.917. The van der Waals surface area contributed by atoms with Gasteiger partial charge in [0.1, 0.15) is 11.8 Å². The molecule has 0 saturated carbocycles. The van der Waals surface area contributed by atoms with Crippen molar-refractivity contribution in [2.75, 3.05) is 12.8 Å². The van der Waals surface area contributed by atoms with Crippen molar-refractivity contribution in [2.45, 2.75) is 10.6 Å². The highest BCUT2D eigenvalue weighted by atomic mass is 32.2. The summed E-state index contributed by atoms with van der Waals surface area (Å²) in [6.07, 6.45) is 2.67. The van der Waals surface area contributed by atoms with Gasteiger partial charge in [-0.2, -0.15) is 5.26 Å². The first kappa shape index (κ1) is 14.8. The fraction of sp³-hybridized carbons (Fsp3) is 0.143. The molecular formula is C14H13N3O3S. The monoisotopic (exact) mass is 303 g/mol. The minimum absolute atomic E-state index is 0.0341. The highest BCUT2D eigenvalue weighted by Gasteiger charge is 2.19.